The third kappa shape index (κ3) is 4.05. The van der Waals surface area contributed by atoms with Crippen molar-refractivity contribution in [1.82, 2.24) is 5.32 Å². The molecule has 4 unspecified atom stereocenters. The van der Waals surface area contributed by atoms with Crippen molar-refractivity contribution in [3.8, 4) is 0 Å². The van der Waals surface area contributed by atoms with Crippen LogP contribution in [0, 0.1) is 11.8 Å². The van der Waals surface area contributed by atoms with E-state index in [1.54, 1.807) is 7.11 Å². The first-order valence-corrected chi connectivity index (χ1v) is 7.50. The van der Waals surface area contributed by atoms with E-state index < -0.39 is 0 Å². The van der Waals surface area contributed by atoms with Crippen LogP contribution < -0.4 is 5.32 Å². The first kappa shape index (κ1) is 14.5. The van der Waals surface area contributed by atoms with Gasteiger partial charge in [-0.3, -0.25) is 0 Å². The minimum atomic E-state index is 0.316. The van der Waals surface area contributed by atoms with Crippen LogP contribution >= 0.6 is 0 Å². The summed E-state index contributed by atoms with van der Waals surface area (Å²) in [5.41, 5.74) is 1.33. The van der Waals surface area contributed by atoms with E-state index in [1.807, 2.05) is 0 Å². The zero-order valence-electron chi connectivity index (χ0n) is 12.4. The molecule has 1 aromatic carbocycles. The van der Waals surface area contributed by atoms with Gasteiger partial charge in [0.15, 0.2) is 0 Å². The quantitative estimate of drug-likeness (QED) is 0.870. The molecule has 2 rings (SSSR count). The smallest absolute Gasteiger partial charge is 0.0657 e. The van der Waals surface area contributed by atoms with Gasteiger partial charge in [0, 0.05) is 13.2 Å². The van der Waals surface area contributed by atoms with E-state index in [2.05, 4.69) is 49.5 Å². The van der Waals surface area contributed by atoms with E-state index in [9.17, 15) is 0 Å². The molecule has 0 aromatic heterocycles. The van der Waals surface area contributed by atoms with Gasteiger partial charge in [0.1, 0.15) is 0 Å². The predicted octanol–water partition coefficient (Wildman–Crippen LogP) is 3.79. The molecular weight excluding hydrogens is 234 g/mol. The van der Waals surface area contributed by atoms with Gasteiger partial charge in [-0.15, -0.1) is 0 Å². The molecule has 1 aromatic rings. The first-order valence-electron chi connectivity index (χ1n) is 7.50. The Morgan fingerprint density at radius 3 is 2.53 bits per heavy atom. The van der Waals surface area contributed by atoms with Crippen molar-refractivity contribution in [3.05, 3.63) is 35.9 Å². The van der Waals surface area contributed by atoms with Gasteiger partial charge < -0.3 is 10.1 Å². The molecule has 1 fully saturated rings. The molecule has 1 aliphatic rings. The van der Waals surface area contributed by atoms with Crippen LogP contribution in [0.25, 0.3) is 0 Å². The van der Waals surface area contributed by atoms with Gasteiger partial charge in [-0.1, -0.05) is 44.2 Å². The largest absolute Gasteiger partial charge is 0.383 e. The number of hydrogen-bond acceptors (Lipinski definition) is 2. The fraction of sp³-hybridized carbons (Fsp3) is 0.647. The molecule has 0 saturated heterocycles. The summed E-state index contributed by atoms with van der Waals surface area (Å²) < 4.78 is 5.39. The fourth-order valence-corrected chi connectivity index (χ4v) is 3.08. The molecule has 0 heterocycles. The molecule has 1 saturated carbocycles. The first-order chi connectivity index (χ1) is 9.20. The average Bonchev–Trinajstić information content (AvgIpc) is 2.43. The second-order valence-corrected chi connectivity index (χ2v) is 6.05. The van der Waals surface area contributed by atoms with Crippen LogP contribution in [0.2, 0.25) is 0 Å². The Labute approximate surface area is 117 Å². The zero-order chi connectivity index (χ0) is 13.7. The van der Waals surface area contributed by atoms with Gasteiger partial charge in [0.05, 0.1) is 12.6 Å². The van der Waals surface area contributed by atoms with Crippen molar-refractivity contribution in [2.24, 2.45) is 11.8 Å². The number of rotatable bonds is 5. The summed E-state index contributed by atoms with van der Waals surface area (Å²) in [4.78, 5) is 0. The lowest BCUT2D eigenvalue weighted by Crippen LogP contribution is -2.39. The lowest BCUT2D eigenvalue weighted by atomic mass is 9.79. The van der Waals surface area contributed by atoms with E-state index in [1.165, 1.54) is 24.8 Å². The maximum atomic E-state index is 5.39. The maximum absolute atomic E-state index is 5.39. The Morgan fingerprint density at radius 2 is 1.89 bits per heavy atom. The summed E-state index contributed by atoms with van der Waals surface area (Å²) in [7, 11) is 1.78. The molecule has 0 amide bonds. The minimum Gasteiger partial charge on any atom is -0.383 e. The van der Waals surface area contributed by atoms with Crippen molar-refractivity contribution in [2.75, 3.05) is 13.7 Å². The van der Waals surface area contributed by atoms with Crippen LogP contribution in [0.5, 0.6) is 0 Å². The highest BCUT2D eigenvalue weighted by Gasteiger charge is 2.26. The van der Waals surface area contributed by atoms with Gasteiger partial charge in [-0.05, 0) is 36.7 Å². The van der Waals surface area contributed by atoms with Crippen molar-refractivity contribution in [1.29, 1.82) is 0 Å². The Morgan fingerprint density at radius 1 is 1.16 bits per heavy atom. The van der Waals surface area contributed by atoms with Gasteiger partial charge in [0.25, 0.3) is 0 Å². The highest BCUT2D eigenvalue weighted by atomic mass is 16.5. The van der Waals surface area contributed by atoms with Crippen LogP contribution in [0.15, 0.2) is 30.3 Å². The lowest BCUT2D eigenvalue weighted by Gasteiger charge is -2.35. The minimum absolute atomic E-state index is 0.316. The summed E-state index contributed by atoms with van der Waals surface area (Å²) in [6.07, 6.45) is 3.92. The van der Waals surface area contributed by atoms with Gasteiger partial charge >= 0.3 is 0 Å². The number of ether oxygens (including phenoxy) is 1. The van der Waals surface area contributed by atoms with Gasteiger partial charge in [-0.2, -0.15) is 0 Å². The average molecular weight is 261 g/mol. The molecular formula is C17H27NO. The Bertz CT molecular complexity index is 365. The monoisotopic (exact) mass is 261 g/mol. The Hall–Kier alpha value is -0.860. The van der Waals surface area contributed by atoms with E-state index in [0.29, 0.717) is 12.1 Å². The molecule has 0 bridgehead atoms. The second kappa shape index (κ2) is 7.06. The highest BCUT2D eigenvalue weighted by molar-refractivity contribution is 5.19. The number of benzene rings is 1. The summed E-state index contributed by atoms with van der Waals surface area (Å²) >= 11 is 0. The van der Waals surface area contributed by atoms with Crippen LogP contribution in [0.3, 0.4) is 0 Å². The maximum Gasteiger partial charge on any atom is 0.0657 e. The summed E-state index contributed by atoms with van der Waals surface area (Å²) in [5.74, 6) is 1.70. The van der Waals surface area contributed by atoms with Gasteiger partial charge in [0.2, 0.25) is 0 Å². The summed E-state index contributed by atoms with van der Waals surface area (Å²) in [6, 6.07) is 11.6. The topological polar surface area (TPSA) is 21.3 Å². The SMILES string of the molecule is COCC(NC1CCC(C)C(C)C1)c1ccccc1. The van der Waals surface area contributed by atoms with E-state index in [4.69, 9.17) is 4.74 Å². The second-order valence-electron chi connectivity index (χ2n) is 6.05. The van der Waals surface area contributed by atoms with Crippen LogP contribution in [-0.2, 0) is 4.74 Å². The van der Waals surface area contributed by atoms with E-state index in [0.717, 1.165) is 18.4 Å². The molecule has 4 atom stereocenters. The Balaban J connectivity index is 1.97. The van der Waals surface area contributed by atoms with Crippen LogP contribution in [0.1, 0.15) is 44.7 Å². The third-order valence-electron chi connectivity index (χ3n) is 4.57. The van der Waals surface area contributed by atoms with E-state index in [-0.39, 0.29) is 0 Å². The fourth-order valence-electron chi connectivity index (χ4n) is 3.08. The van der Waals surface area contributed by atoms with Crippen molar-refractivity contribution < 1.29 is 4.74 Å². The highest BCUT2D eigenvalue weighted by Crippen LogP contribution is 2.30. The summed E-state index contributed by atoms with van der Waals surface area (Å²) in [6.45, 7) is 5.50. The number of nitrogens with one attached hydrogen (secondary N) is 1. The van der Waals surface area contributed by atoms with Crippen molar-refractivity contribution >= 4 is 0 Å². The van der Waals surface area contributed by atoms with E-state index >= 15 is 0 Å². The normalized spacial score (nSPS) is 29.1. The standard InChI is InChI=1S/C17H27NO/c1-13-9-10-16(11-14(13)2)18-17(12-19-3)15-7-5-4-6-8-15/h4-8,13-14,16-18H,9-12H2,1-3H3. The Kier molecular flexibility index (Phi) is 5.41. The van der Waals surface area contributed by atoms with Gasteiger partial charge in [-0.25, -0.2) is 0 Å². The molecule has 106 valence electrons. The molecule has 2 heteroatoms. The predicted molar refractivity (Wildman–Crippen MR) is 80.2 cm³/mol. The van der Waals surface area contributed by atoms with Crippen molar-refractivity contribution in [3.63, 3.8) is 0 Å². The lowest BCUT2D eigenvalue weighted by molar-refractivity contribution is 0.144. The zero-order valence-corrected chi connectivity index (χ0v) is 12.4. The molecule has 0 spiro atoms. The molecule has 0 radical (unpaired) electrons. The molecule has 19 heavy (non-hydrogen) atoms. The molecule has 1 aliphatic carbocycles. The molecule has 0 aliphatic heterocycles. The molecule has 1 N–H and O–H groups in total. The third-order valence-corrected chi connectivity index (χ3v) is 4.57. The molecule has 2 nitrogen and oxygen atoms in total. The van der Waals surface area contributed by atoms with Crippen LogP contribution in [-0.4, -0.2) is 19.8 Å². The van der Waals surface area contributed by atoms with Crippen LogP contribution in [0.4, 0.5) is 0 Å². The number of methoxy groups -OCH3 is 1. The van der Waals surface area contributed by atoms with Crippen molar-refractivity contribution in [2.45, 2.75) is 45.2 Å². The number of hydrogen-bond donors (Lipinski definition) is 1. The summed E-state index contributed by atoms with van der Waals surface area (Å²) in [5, 5.41) is 3.80.